The van der Waals surface area contributed by atoms with Crippen molar-refractivity contribution in [3.63, 3.8) is 0 Å². The lowest BCUT2D eigenvalue weighted by Gasteiger charge is -2.37. The van der Waals surface area contributed by atoms with Crippen LogP contribution in [0.4, 0.5) is 0 Å². The minimum Gasteiger partial charge on any atom is -0.423 e. The topological polar surface area (TPSA) is 52.6 Å². The van der Waals surface area contributed by atoms with Gasteiger partial charge in [0.15, 0.2) is 11.5 Å². The molecule has 4 nitrogen and oxygen atoms in total. The molecular weight excluding hydrogens is 412 g/mol. The first-order valence-electron chi connectivity index (χ1n) is 10.7. The first kappa shape index (κ1) is 22.0. The van der Waals surface area contributed by atoms with Gasteiger partial charge in [0, 0.05) is 13.8 Å². The van der Waals surface area contributed by atoms with Crippen molar-refractivity contribution in [2.75, 3.05) is 0 Å². The summed E-state index contributed by atoms with van der Waals surface area (Å²) in [6.45, 7) is 2.64. The Hall–Kier alpha value is -4.18. The standard InChI is InChI=1S/C29H24O4/c1-21(30)32-27-19-18-26(20-28(27)33-22(2)31)29(23-12-6-3-7-13-23,24-14-8-4-9-15-24)25-16-10-5-11-17-25/h3-20H,1-2H3. The molecule has 0 aliphatic heterocycles. The highest BCUT2D eigenvalue weighted by Gasteiger charge is 2.38. The Morgan fingerprint density at radius 1 is 0.515 bits per heavy atom. The number of carbonyl (C=O) groups is 2. The van der Waals surface area contributed by atoms with Gasteiger partial charge in [-0.15, -0.1) is 0 Å². The largest absolute Gasteiger partial charge is 0.423 e. The highest BCUT2D eigenvalue weighted by Crippen LogP contribution is 2.47. The van der Waals surface area contributed by atoms with Crippen molar-refractivity contribution in [2.45, 2.75) is 19.3 Å². The smallest absolute Gasteiger partial charge is 0.308 e. The summed E-state index contributed by atoms with van der Waals surface area (Å²) < 4.78 is 10.8. The molecule has 164 valence electrons. The lowest BCUT2D eigenvalue weighted by molar-refractivity contribution is -0.134. The van der Waals surface area contributed by atoms with Gasteiger partial charge in [-0.25, -0.2) is 0 Å². The van der Waals surface area contributed by atoms with Crippen LogP contribution < -0.4 is 9.47 Å². The monoisotopic (exact) mass is 436 g/mol. The second-order valence-electron chi connectivity index (χ2n) is 7.70. The summed E-state index contributed by atoms with van der Waals surface area (Å²) in [5.41, 5.74) is 3.33. The number of carbonyl (C=O) groups excluding carboxylic acids is 2. The Labute approximate surface area is 193 Å². The Balaban J connectivity index is 2.07. The van der Waals surface area contributed by atoms with Crippen LogP contribution in [-0.4, -0.2) is 11.9 Å². The Morgan fingerprint density at radius 2 is 0.909 bits per heavy atom. The van der Waals surface area contributed by atoms with E-state index in [4.69, 9.17) is 9.47 Å². The van der Waals surface area contributed by atoms with Crippen molar-refractivity contribution in [1.82, 2.24) is 0 Å². The van der Waals surface area contributed by atoms with Crippen LogP contribution in [0.25, 0.3) is 0 Å². The summed E-state index contributed by atoms with van der Waals surface area (Å²) in [4.78, 5) is 23.5. The van der Waals surface area contributed by atoms with Gasteiger partial charge in [0.2, 0.25) is 0 Å². The number of hydrogen-bond donors (Lipinski definition) is 0. The summed E-state index contributed by atoms with van der Waals surface area (Å²) in [7, 11) is 0. The summed E-state index contributed by atoms with van der Waals surface area (Å²) in [5.74, 6) is -0.589. The van der Waals surface area contributed by atoms with Crippen molar-refractivity contribution in [3.8, 4) is 11.5 Å². The third-order valence-corrected chi connectivity index (χ3v) is 5.50. The van der Waals surface area contributed by atoms with Crippen molar-refractivity contribution in [3.05, 3.63) is 131 Å². The van der Waals surface area contributed by atoms with Gasteiger partial charge in [0.05, 0.1) is 5.41 Å². The molecule has 0 bridgehead atoms. The van der Waals surface area contributed by atoms with Crippen LogP contribution in [0.3, 0.4) is 0 Å². The molecule has 0 atom stereocenters. The number of benzene rings is 4. The Kier molecular flexibility index (Phi) is 6.36. The van der Waals surface area contributed by atoms with Gasteiger partial charge in [-0.05, 0) is 34.4 Å². The molecule has 0 aliphatic carbocycles. The highest BCUT2D eigenvalue weighted by atomic mass is 16.6. The fraction of sp³-hybridized carbons (Fsp3) is 0.103. The average Bonchev–Trinajstić information content (AvgIpc) is 2.83. The maximum Gasteiger partial charge on any atom is 0.308 e. The second-order valence-corrected chi connectivity index (χ2v) is 7.70. The molecule has 4 heteroatoms. The summed E-state index contributed by atoms with van der Waals surface area (Å²) in [5, 5.41) is 0. The van der Waals surface area contributed by atoms with E-state index in [-0.39, 0.29) is 11.5 Å². The normalized spacial score (nSPS) is 11.0. The number of ether oxygens (including phenoxy) is 2. The lowest BCUT2D eigenvalue weighted by Crippen LogP contribution is -2.31. The maximum atomic E-state index is 11.9. The van der Waals surface area contributed by atoms with E-state index < -0.39 is 17.4 Å². The van der Waals surface area contributed by atoms with E-state index in [1.165, 1.54) is 13.8 Å². The van der Waals surface area contributed by atoms with Crippen molar-refractivity contribution in [2.24, 2.45) is 0 Å². The van der Waals surface area contributed by atoms with Crippen LogP contribution >= 0.6 is 0 Å². The predicted molar refractivity (Wildman–Crippen MR) is 127 cm³/mol. The molecule has 0 spiro atoms. The number of esters is 2. The molecule has 0 radical (unpaired) electrons. The van der Waals surface area contributed by atoms with Crippen molar-refractivity contribution < 1.29 is 19.1 Å². The molecule has 0 unspecified atom stereocenters. The quantitative estimate of drug-likeness (QED) is 0.214. The van der Waals surface area contributed by atoms with E-state index in [0.29, 0.717) is 0 Å². The van der Waals surface area contributed by atoms with E-state index in [2.05, 4.69) is 36.4 Å². The molecule has 4 aromatic carbocycles. The molecule has 0 N–H and O–H groups in total. The molecule has 0 saturated heterocycles. The molecule has 0 heterocycles. The van der Waals surface area contributed by atoms with Crippen LogP contribution in [0, 0.1) is 0 Å². The van der Waals surface area contributed by atoms with Gasteiger partial charge in [0.25, 0.3) is 0 Å². The van der Waals surface area contributed by atoms with Crippen LogP contribution in [0.5, 0.6) is 11.5 Å². The van der Waals surface area contributed by atoms with Crippen LogP contribution in [0.1, 0.15) is 36.1 Å². The molecule has 0 amide bonds. The van der Waals surface area contributed by atoms with Gasteiger partial charge in [-0.3, -0.25) is 9.59 Å². The maximum absolute atomic E-state index is 11.9. The van der Waals surface area contributed by atoms with Crippen molar-refractivity contribution in [1.29, 1.82) is 0 Å². The second kappa shape index (κ2) is 9.53. The van der Waals surface area contributed by atoms with E-state index in [1.807, 2.05) is 60.7 Å². The summed E-state index contributed by atoms with van der Waals surface area (Å²) >= 11 is 0. The zero-order chi connectivity index (χ0) is 23.3. The molecule has 33 heavy (non-hydrogen) atoms. The third kappa shape index (κ3) is 4.41. The van der Waals surface area contributed by atoms with E-state index in [9.17, 15) is 9.59 Å². The molecule has 4 aromatic rings. The SMILES string of the molecule is CC(=O)Oc1ccc(C(c2ccccc2)(c2ccccc2)c2ccccc2)cc1OC(C)=O. The molecule has 0 fully saturated rings. The molecule has 4 rings (SSSR count). The van der Waals surface area contributed by atoms with Crippen LogP contribution in [0.15, 0.2) is 109 Å². The molecule has 0 saturated carbocycles. The third-order valence-electron chi connectivity index (χ3n) is 5.50. The molecule has 0 aromatic heterocycles. The van der Waals surface area contributed by atoms with E-state index >= 15 is 0 Å². The van der Waals surface area contributed by atoms with Gasteiger partial charge < -0.3 is 9.47 Å². The first-order chi connectivity index (χ1) is 16.0. The Bertz CT molecular complexity index is 1150. The Morgan fingerprint density at radius 3 is 1.30 bits per heavy atom. The number of rotatable bonds is 6. The lowest BCUT2D eigenvalue weighted by atomic mass is 9.65. The highest BCUT2D eigenvalue weighted by molar-refractivity contribution is 5.74. The van der Waals surface area contributed by atoms with Crippen LogP contribution in [0.2, 0.25) is 0 Å². The summed E-state index contributed by atoms with van der Waals surface area (Å²) in [6, 6.07) is 35.9. The van der Waals surface area contributed by atoms with Gasteiger partial charge in [0.1, 0.15) is 0 Å². The van der Waals surface area contributed by atoms with E-state index in [0.717, 1.165) is 22.3 Å². The summed E-state index contributed by atoms with van der Waals surface area (Å²) in [6.07, 6.45) is 0. The van der Waals surface area contributed by atoms with E-state index in [1.54, 1.807) is 12.1 Å². The molecule has 0 aliphatic rings. The first-order valence-corrected chi connectivity index (χ1v) is 10.7. The van der Waals surface area contributed by atoms with Gasteiger partial charge in [-0.2, -0.15) is 0 Å². The van der Waals surface area contributed by atoms with Crippen LogP contribution in [-0.2, 0) is 15.0 Å². The zero-order valence-corrected chi connectivity index (χ0v) is 18.5. The van der Waals surface area contributed by atoms with Gasteiger partial charge >= 0.3 is 11.9 Å². The minimum absolute atomic E-state index is 0.197. The molecular formula is C29H24O4. The fourth-order valence-corrected chi connectivity index (χ4v) is 4.28. The fourth-order valence-electron chi connectivity index (χ4n) is 4.28. The predicted octanol–water partition coefficient (Wildman–Crippen LogP) is 5.92. The average molecular weight is 437 g/mol. The van der Waals surface area contributed by atoms with Crippen molar-refractivity contribution >= 4 is 11.9 Å². The number of hydrogen-bond acceptors (Lipinski definition) is 4. The minimum atomic E-state index is -0.701. The zero-order valence-electron chi connectivity index (χ0n) is 18.5. The van der Waals surface area contributed by atoms with Gasteiger partial charge in [-0.1, -0.05) is 97.1 Å².